The summed E-state index contributed by atoms with van der Waals surface area (Å²) in [7, 11) is 0. The van der Waals surface area contributed by atoms with E-state index in [1.807, 2.05) is 0 Å². The molecule has 3 rings (SSSR count). The third-order valence-corrected chi connectivity index (χ3v) is 4.99. The lowest BCUT2D eigenvalue weighted by molar-refractivity contribution is 0.0835. The third-order valence-electron chi connectivity index (χ3n) is 4.99. The topological polar surface area (TPSA) is 41.7 Å². The highest BCUT2D eigenvalue weighted by Crippen LogP contribution is 2.24. The molecule has 2 aliphatic heterocycles. The maximum atomic E-state index is 6.06. The maximum absolute atomic E-state index is 6.06. The Bertz CT molecular complexity index is 260. The molecule has 0 bridgehead atoms. The Balaban J connectivity index is 1.42. The molecule has 3 fully saturated rings. The van der Waals surface area contributed by atoms with Crippen LogP contribution in [0.15, 0.2) is 0 Å². The van der Waals surface area contributed by atoms with E-state index >= 15 is 0 Å². The quantitative estimate of drug-likeness (QED) is 0.796. The minimum absolute atomic E-state index is 0.262. The van der Waals surface area contributed by atoms with Gasteiger partial charge in [-0.25, -0.2) is 0 Å². The molecule has 2 unspecified atom stereocenters. The van der Waals surface area contributed by atoms with Gasteiger partial charge in [0.15, 0.2) is 0 Å². The van der Waals surface area contributed by atoms with Crippen molar-refractivity contribution in [3.05, 3.63) is 0 Å². The molecule has 0 aromatic rings. The minimum atomic E-state index is 0.262. The molecule has 2 N–H and O–H groups in total. The zero-order chi connectivity index (χ0) is 12.4. The van der Waals surface area contributed by atoms with Crippen molar-refractivity contribution in [1.29, 1.82) is 0 Å². The van der Waals surface area contributed by atoms with Crippen LogP contribution in [0.3, 0.4) is 0 Å². The summed E-state index contributed by atoms with van der Waals surface area (Å²) in [5.74, 6) is 0.558. The second-order valence-corrected chi connectivity index (χ2v) is 6.24. The Kier molecular flexibility index (Phi) is 4.19. The van der Waals surface area contributed by atoms with Crippen molar-refractivity contribution >= 4 is 0 Å². The molecule has 3 aliphatic rings. The summed E-state index contributed by atoms with van der Waals surface area (Å²) in [5.41, 5.74) is 6.06. The van der Waals surface area contributed by atoms with Crippen LogP contribution in [-0.4, -0.2) is 67.8 Å². The van der Waals surface area contributed by atoms with E-state index in [0.717, 1.165) is 25.8 Å². The molecule has 1 saturated carbocycles. The number of piperazine rings is 1. The number of hydrogen-bond donors (Lipinski definition) is 1. The molecule has 2 atom stereocenters. The first-order chi connectivity index (χ1) is 8.83. The van der Waals surface area contributed by atoms with Crippen LogP contribution < -0.4 is 5.73 Å². The number of nitrogens with two attached hydrogens (primary N) is 1. The molecule has 4 nitrogen and oxygen atoms in total. The van der Waals surface area contributed by atoms with Crippen molar-refractivity contribution in [3.8, 4) is 0 Å². The predicted octanol–water partition coefficient (Wildman–Crippen LogP) is 0.520. The third kappa shape index (κ3) is 2.87. The van der Waals surface area contributed by atoms with Gasteiger partial charge in [0.05, 0.1) is 13.2 Å². The second-order valence-electron chi connectivity index (χ2n) is 6.24. The molecule has 0 aromatic carbocycles. The van der Waals surface area contributed by atoms with Crippen LogP contribution in [0.1, 0.15) is 25.7 Å². The van der Waals surface area contributed by atoms with Crippen LogP contribution in [0.4, 0.5) is 0 Å². The van der Waals surface area contributed by atoms with Crippen molar-refractivity contribution in [3.63, 3.8) is 0 Å². The van der Waals surface area contributed by atoms with Crippen molar-refractivity contribution in [2.75, 3.05) is 45.9 Å². The summed E-state index contributed by atoms with van der Waals surface area (Å²) in [6, 6.07) is 1.15. The van der Waals surface area contributed by atoms with Gasteiger partial charge >= 0.3 is 0 Å². The molecule has 2 saturated heterocycles. The molecule has 1 aliphatic carbocycles. The minimum Gasteiger partial charge on any atom is -0.379 e. The fraction of sp³-hybridized carbons (Fsp3) is 1.00. The van der Waals surface area contributed by atoms with E-state index in [2.05, 4.69) is 9.80 Å². The van der Waals surface area contributed by atoms with E-state index in [9.17, 15) is 0 Å². The molecule has 4 heteroatoms. The SMILES string of the molecule is NC1COCC1CN1CCN(C2CCCC2)CC1. The molecule has 2 heterocycles. The first kappa shape index (κ1) is 12.9. The summed E-state index contributed by atoms with van der Waals surface area (Å²) < 4.78 is 5.45. The molecular formula is C14H27N3O. The van der Waals surface area contributed by atoms with E-state index in [1.54, 1.807) is 0 Å². The highest BCUT2D eigenvalue weighted by molar-refractivity contribution is 4.85. The van der Waals surface area contributed by atoms with Gasteiger partial charge in [0.1, 0.15) is 0 Å². The van der Waals surface area contributed by atoms with E-state index in [1.165, 1.54) is 51.9 Å². The van der Waals surface area contributed by atoms with Crippen molar-refractivity contribution in [2.24, 2.45) is 11.7 Å². The van der Waals surface area contributed by atoms with Crippen LogP contribution in [0.5, 0.6) is 0 Å². The van der Waals surface area contributed by atoms with Crippen molar-refractivity contribution in [1.82, 2.24) is 9.80 Å². The van der Waals surface area contributed by atoms with E-state index in [4.69, 9.17) is 10.5 Å². The summed E-state index contributed by atoms with van der Waals surface area (Å²) in [5, 5.41) is 0. The lowest BCUT2D eigenvalue weighted by Crippen LogP contribution is -2.51. The average molecular weight is 253 g/mol. The van der Waals surface area contributed by atoms with E-state index in [0.29, 0.717) is 5.92 Å². The van der Waals surface area contributed by atoms with Gasteiger partial charge in [-0.15, -0.1) is 0 Å². The standard InChI is InChI=1S/C14H27N3O/c15-14-11-18-10-12(14)9-16-5-7-17(8-6-16)13-3-1-2-4-13/h12-14H,1-11,15H2. The first-order valence-corrected chi connectivity index (χ1v) is 7.62. The number of rotatable bonds is 3. The van der Waals surface area contributed by atoms with Crippen LogP contribution in [-0.2, 0) is 4.74 Å². The fourth-order valence-corrected chi connectivity index (χ4v) is 3.72. The van der Waals surface area contributed by atoms with Crippen molar-refractivity contribution < 1.29 is 4.74 Å². The summed E-state index contributed by atoms with van der Waals surface area (Å²) in [6.45, 7) is 7.72. The molecule has 18 heavy (non-hydrogen) atoms. The van der Waals surface area contributed by atoms with Gasteiger partial charge in [0.25, 0.3) is 0 Å². The Hall–Kier alpha value is -0.160. The van der Waals surface area contributed by atoms with Crippen molar-refractivity contribution in [2.45, 2.75) is 37.8 Å². The molecule has 0 radical (unpaired) electrons. The highest BCUT2D eigenvalue weighted by atomic mass is 16.5. The van der Waals surface area contributed by atoms with Gasteiger partial charge in [0, 0.05) is 50.7 Å². The summed E-state index contributed by atoms with van der Waals surface area (Å²) in [6.07, 6.45) is 5.75. The maximum Gasteiger partial charge on any atom is 0.0621 e. The zero-order valence-electron chi connectivity index (χ0n) is 11.4. The molecule has 0 amide bonds. The van der Waals surface area contributed by atoms with Gasteiger partial charge in [-0.1, -0.05) is 12.8 Å². The number of nitrogens with zero attached hydrogens (tertiary/aromatic N) is 2. The van der Waals surface area contributed by atoms with Gasteiger partial charge < -0.3 is 15.4 Å². The Labute approximate surface area is 110 Å². The predicted molar refractivity (Wildman–Crippen MR) is 72.6 cm³/mol. The van der Waals surface area contributed by atoms with Gasteiger partial charge in [0.2, 0.25) is 0 Å². The second kappa shape index (κ2) is 5.87. The molecule has 0 spiro atoms. The fourth-order valence-electron chi connectivity index (χ4n) is 3.72. The van der Waals surface area contributed by atoms with Crippen LogP contribution in [0, 0.1) is 5.92 Å². The molecule has 104 valence electrons. The smallest absolute Gasteiger partial charge is 0.0621 e. The van der Waals surface area contributed by atoms with E-state index in [-0.39, 0.29) is 6.04 Å². The highest BCUT2D eigenvalue weighted by Gasteiger charge is 2.30. The zero-order valence-corrected chi connectivity index (χ0v) is 11.4. The van der Waals surface area contributed by atoms with Crippen LogP contribution in [0.2, 0.25) is 0 Å². The Morgan fingerprint density at radius 3 is 2.33 bits per heavy atom. The first-order valence-electron chi connectivity index (χ1n) is 7.62. The largest absolute Gasteiger partial charge is 0.379 e. The number of hydrogen-bond acceptors (Lipinski definition) is 4. The molecule has 0 aromatic heterocycles. The summed E-state index contributed by atoms with van der Waals surface area (Å²) in [4.78, 5) is 5.30. The van der Waals surface area contributed by atoms with Gasteiger partial charge in [-0.05, 0) is 12.8 Å². The van der Waals surface area contributed by atoms with Crippen LogP contribution >= 0.6 is 0 Å². The Morgan fingerprint density at radius 2 is 1.72 bits per heavy atom. The lowest BCUT2D eigenvalue weighted by atomic mass is 10.0. The Morgan fingerprint density at radius 1 is 1.00 bits per heavy atom. The number of ether oxygens (including phenoxy) is 1. The van der Waals surface area contributed by atoms with Gasteiger partial charge in [-0.2, -0.15) is 0 Å². The average Bonchev–Trinajstić information content (AvgIpc) is 3.03. The normalized spacial score (nSPS) is 36.5. The van der Waals surface area contributed by atoms with Gasteiger partial charge in [-0.3, -0.25) is 4.90 Å². The molecular weight excluding hydrogens is 226 g/mol. The monoisotopic (exact) mass is 253 g/mol. The lowest BCUT2D eigenvalue weighted by Gasteiger charge is -2.39. The van der Waals surface area contributed by atoms with Crippen LogP contribution in [0.25, 0.3) is 0 Å². The summed E-state index contributed by atoms with van der Waals surface area (Å²) >= 11 is 0. The van der Waals surface area contributed by atoms with E-state index < -0.39 is 0 Å².